The van der Waals surface area contributed by atoms with Gasteiger partial charge in [-0.25, -0.2) is 0 Å². The van der Waals surface area contributed by atoms with Gasteiger partial charge in [-0.15, -0.1) is 0 Å². The lowest BCUT2D eigenvalue weighted by molar-refractivity contribution is -0.124. The van der Waals surface area contributed by atoms with E-state index in [9.17, 15) is 4.79 Å². The van der Waals surface area contributed by atoms with E-state index in [2.05, 4.69) is 11.4 Å². The highest BCUT2D eigenvalue weighted by Crippen LogP contribution is 2.25. The summed E-state index contributed by atoms with van der Waals surface area (Å²) in [4.78, 5) is 14.3. The second kappa shape index (κ2) is 6.06. The van der Waals surface area contributed by atoms with Gasteiger partial charge in [0.25, 0.3) is 0 Å². The van der Waals surface area contributed by atoms with Crippen LogP contribution in [-0.4, -0.2) is 26.5 Å². The van der Waals surface area contributed by atoms with Crippen LogP contribution >= 0.6 is 0 Å². The molecule has 3 N–H and O–H groups in total. The molecule has 1 aromatic carbocycles. The lowest BCUT2D eigenvalue weighted by Crippen LogP contribution is -2.39. The molecule has 0 fully saturated rings. The number of nitrogens with one attached hydrogen (secondary N) is 1. The van der Waals surface area contributed by atoms with E-state index in [0.29, 0.717) is 6.54 Å². The quantitative estimate of drug-likeness (QED) is 0.857. The molecule has 0 aliphatic carbocycles. The molecule has 1 aromatic rings. The van der Waals surface area contributed by atoms with E-state index in [0.717, 1.165) is 23.4 Å². The van der Waals surface area contributed by atoms with E-state index in [4.69, 9.17) is 5.73 Å². The molecule has 1 atom stereocenters. The van der Waals surface area contributed by atoms with Gasteiger partial charge in [0.2, 0.25) is 5.91 Å². The molecule has 0 heterocycles. The SMILES string of the molecule is CCC(C)(CN)C(=O)Nc1ccc(N(C)C)cc1C. The van der Waals surface area contributed by atoms with Crippen LogP contribution in [0.5, 0.6) is 0 Å². The highest BCUT2D eigenvalue weighted by molar-refractivity contribution is 5.96. The fourth-order valence-corrected chi connectivity index (χ4v) is 1.74. The van der Waals surface area contributed by atoms with Crippen LogP contribution in [0.15, 0.2) is 18.2 Å². The third-order valence-electron chi connectivity index (χ3n) is 3.75. The number of rotatable bonds is 5. The number of carbonyl (C=O) groups excluding carboxylic acids is 1. The second-order valence-electron chi connectivity index (χ2n) is 5.47. The molecule has 1 rings (SSSR count). The zero-order chi connectivity index (χ0) is 14.6. The lowest BCUT2D eigenvalue weighted by atomic mass is 9.86. The number of carbonyl (C=O) groups is 1. The smallest absolute Gasteiger partial charge is 0.231 e. The summed E-state index contributed by atoms with van der Waals surface area (Å²) in [5, 5.41) is 2.98. The number of amides is 1. The van der Waals surface area contributed by atoms with Crippen molar-refractivity contribution >= 4 is 17.3 Å². The topological polar surface area (TPSA) is 58.4 Å². The van der Waals surface area contributed by atoms with Crippen molar-refractivity contribution < 1.29 is 4.79 Å². The maximum atomic E-state index is 12.3. The number of benzene rings is 1. The van der Waals surface area contributed by atoms with Crippen LogP contribution in [0.3, 0.4) is 0 Å². The highest BCUT2D eigenvalue weighted by Gasteiger charge is 2.29. The average Bonchev–Trinajstić information content (AvgIpc) is 2.39. The van der Waals surface area contributed by atoms with Crippen molar-refractivity contribution in [1.82, 2.24) is 0 Å². The van der Waals surface area contributed by atoms with Gasteiger partial charge in [0.05, 0.1) is 5.41 Å². The minimum absolute atomic E-state index is 0.0156. The van der Waals surface area contributed by atoms with E-state index < -0.39 is 5.41 Å². The molecule has 1 amide bonds. The fourth-order valence-electron chi connectivity index (χ4n) is 1.74. The van der Waals surface area contributed by atoms with Crippen LogP contribution in [0.4, 0.5) is 11.4 Å². The monoisotopic (exact) mass is 263 g/mol. The Morgan fingerprint density at radius 3 is 2.47 bits per heavy atom. The standard InChI is InChI=1S/C15H25N3O/c1-6-15(3,10-16)14(19)17-13-8-7-12(18(4)5)9-11(13)2/h7-9H,6,10,16H2,1-5H3,(H,17,19). The van der Waals surface area contributed by atoms with Crippen LogP contribution in [-0.2, 0) is 4.79 Å². The summed E-state index contributed by atoms with van der Waals surface area (Å²) < 4.78 is 0. The number of hydrogen-bond donors (Lipinski definition) is 2. The molecule has 106 valence electrons. The van der Waals surface area contributed by atoms with E-state index >= 15 is 0 Å². The van der Waals surface area contributed by atoms with Gasteiger partial charge < -0.3 is 16.0 Å². The molecule has 4 nitrogen and oxygen atoms in total. The maximum Gasteiger partial charge on any atom is 0.231 e. The van der Waals surface area contributed by atoms with Crippen molar-refractivity contribution in [3.63, 3.8) is 0 Å². The van der Waals surface area contributed by atoms with Crippen LogP contribution in [0.1, 0.15) is 25.8 Å². The minimum atomic E-state index is -0.507. The van der Waals surface area contributed by atoms with E-state index in [1.54, 1.807) is 0 Å². The second-order valence-corrected chi connectivity index (χ2v) is 5.47. The van der Waals surface area contributed by atoms with Gasteiger partial charge in [-0.05, 0) is 44.0 Å². The van der Waals surface area contributed by atoms with Crippen molar-refractivity contribution in [2.75, 3.05) is 30.9 Å². The van der Waals surface area contributed by atoms with Gasteiger partial charge in [-0.1, -0.05) is 6.92 Å². The Morgan fingerprint density at radius 2 is 2.05 bits per heavy atom. The van der Waals surface area contributed by atoms with Gasteiger partial charge in [0, 0.05) is 32.0 Å². The predicted octanol–water partition coefficient (Wildman–Crippen LogP) is 2.37. The molecule has 0 saturated heterocycles. The zero-order valence-corrected chi connectivity index (χ0v) is 12.6. The van der Waals surface area contributed by atoms with Crippen LogP contribution in [0, 0.1) is 12.3 Å². The third-order valence-corrected chi connectivity index (χ3v) is 3.75. The molecule has 0 bridgehead atoms. The summed E-state index contributed by atoms with van der Waals surface area (Å²) in [5.41, 5.74) is 8.22. The summed E-state index contributed by atoms with van der Waals surface area (Å²) in [5.74, 6) is -0.0156. The van der Waals surface area contributed by atoms with Crippen molar-refractivity contribution in [3.8, 4) is 0 Å². The first-order valence-electron chi connectivity index (χ1n) is 6.63. The van der Waals surface area contributed by atoms with Gasteiger partial charge in [-0.2, -0.15) is 0 Å². The number of nitrogens with zero attached hydrogens (tertiary/aromatic N) is 1. The van der Waals surface area contributed by atoms with Gasteiger partial charge in [0.15, 0.2) is 0 Å². The summed E-state index contributed by atoms with van der Waals surface area (Å²) >= 11 is 0. The summed E-state index contributed by atoms with van der Waals surface area (Å²) in [6.45, 7) is 6.22. The molecule has 0 saturated carbocycles. The first-order chi connectivity index (χ1) is 8.84. The minimum Gasteiger partial charge on any atom is -0.378 e. The average molecular weight is 263 g/mol. The fraction of sp³-hybridized carbons (Fsp3) is 0.533. The van der Waals surface area contributed by atoms with Crippen molar-refractivity contribution in [3.05, 3.63) is 23.8 Å². The highest BCUT2D eigenvalue weighted by atomic mass is 16.2. The Kier molecular flexibility index (Phi) is 4.95. The Labute approximate surface area is 116 Å². The molecule has 0 aliphatic rings. The van der Waals surface area contributed by atoms with Gasteiger partial charge >= 0.3 is 0 Å². The van der Waals surface area contributed by atoms with Crippen molar-refractivity contribution in [1.29, 1.82) is 0 Å². The largest absolute Gasteiger partial charge is 0.378 e. The number of anilines is 2. The maximum absolute atomic E-state index is 12.3. The van der Waals surface area contributed by atoms with Gasteiger partial charge in [0.1, 0.15) is 0 Å². The first kappa shape index (κ1) is 15.5. The van der Waals surface area contributed by atoms with E-state index in [1.165, 1.54) is 0 Å². The molecule has 0 aliphatic heterocycles. The Bertz CT molecular complexity index is 451. The lowest BCUT2D eigenvalue weighted by Gasteiger charge is -2.25. The third kappa shape index (κ3) is 3.47. The molecule has 4 heteroatoms. The normalized spacial score (nSPS) is 13.8. The predicted molar refractivity (Wildman–Crippen MR) is 81.6 cm³/mol. The van der Waals surface area contributed by atoms with Crippen LogP contribution in [0.25, 0.3) is 0 Å². The van der Waals surface area contributed by atoms with Crippen molar-refractivity contribution in [2.24, 2.45) is 11.1 Å². The van der Waals surface area contributed by atoms with Crippen LogP contribution < -0.4 is 16.0 Å². The Balaban J connectivity index is 2.92. The molecular weight excluding hydrogens is 238 g/mol. The first-order valence-corrected chi connectivity index (χ1v) is 6.63. The van der Waals surface area contributed by atoms with Crippen LogP contribution in [0.2, 0.25) is 0 Å². The molecule has 1 unspecified atom stereocenters. The molecule has 0 radical (unpaired) electrons. The van der Waals surface area contributed by atoms with E-state index in [1.807, 2.05) is 51.9 Å². The Hall–Kier alpha value is -1.55. The molecule has 0 aromatic heterocycles. The number of hydrogen-bond acceptors (Lipinski definition) is 3. The molecule has 19 heavy (non-hydrogen) atoms. The van der Waals surface area contributed by atoms with Crippen molar-refractivity contribution in [2.45, 2.75) is 27.2 Å². The number of aryl methyl sites for hydroxylation is 1. The van der Waals surface area contributed by atoms with Gasteiger partial charge in [-0.3, -0.25) is 4.79 Å². The molecule has 0 spiro atoms. The summed E-state index contributed by atoms with van der Waals surface area (Å²) in [6, 6.07) is 5.99. The number of nitrogens with two attached hydrogens (primary N) is 1. The summed E-state index contributed by atoms with van der Waals surface area (Å²) in [6.07, 6.45) is 0.726. The van der Waals surface area contributed by atoms with E-state index in [-0.39, 0.29) is 5.91 Å². The Morgan fingerprint density at radius 1 is 1.42 bits per heavy atom. The molecular formula is C15H25N3O. The summed E-state index contributed by atoms with van der Waals surface area (Å²) in [7, 11) is 3.99. The zero-order valence-electron chi connectivity index (χ0n) is 12.6.